The maximum absolute atomic E-state index is 13.3. The molecule has 0 unspecified atom stereocenters. The van der Waals surface area contributed by atoms with Gasteiger partial charge in [0.15, 0.2) is 5.02 Å². The van der Waals surface area contributed by atoms with Crippen LogP contribution in [0.5, 0.6) is 0 Å². The first-order valence-electron chi connectivity index (χ1n) is 5.85. The summed E-state index contributed by atoms with van der Waals surface area (Å²) >= 11 is 0. The van der Waals surface area contributed by atoms with Gasteiger partial charge in [-0.1, -0.05) is 18.2 Å². The molecule has 148 valence electrons. The molecule has 0 aromatic heterocycles. The van der Waals surface area contributed by atoms with Gasteiger partial charge < -0.3 is 0 Å². The molecule has 0 radical (unpaired) electrons. The smallest absolute Gasteiger partial charge is 0.245 e. The molecule has 0 saturated heterocycles. The van der Waals surface area contributed by atoms with E-state index in [1.54, 1.807) is 0 Å². The van der Waals surface area contributed by atoms with E-state index in [0.717, 1.165) is 12.1 Å². The minimum absolute atomic E-state index is 0.451. The van der Waals surface area contributed by atoms with Crippen LogP contribution in [0.15, 0.2) is 35.4 Å². The molecule has 0 atom stereocenters. The summed E-state index contributed by atoms with van der Waals surface area (Å²) in [7, 11) is -7.32. The zero-order chi connectivity index (χ0) is 20.6. The topological polar surface area (TPSA) is 81.8 Å². The molecule has 26 heavy (non-hydrogen) atoms. The van der Waals surface area contributed by atoms with Gasteiger partial charge in [0.05, 0.1) is 5.11 Å². The van der Waals surface area contributed by atoms with Gasteiger partial charge in [-0.05, 0) is 12.1 Å². The Balaban J connectivity index is 3.27. The zero-order valence-corrected chi connectivity index (χ0v) is 12.5. The highest BCUT2D eigenvalue weighted by atomic mass is 32.2. The average Bonchev–Trinajstić information content (AvgIpc) is 2.45. The number of alkyl halides is 9. The van der Waals surface area contributed by atoms with E-state index in [1.807, 2.05) is 0 Å². The Morgan fingerprint density at radius 2 is 1.35 bits per heavy atom. The first-order valence-corrected chi connectivity index (χ1v) is 7.26. The van der Waals surface area contributed by atoms with Gasteiger partial charge in [-0.3, -0.25) is 0 Å². The van der Waals surface area contributed by atoms with E-state index >= 15 is 0 Å². The standard InChI is InChI=1S/C10H5F9N2O4S/c11-7(12,9(15,16)17)8(13,14)10(18,19)26(23,24)25-21(22)20-6-4-2-1-3-5-6/h1-5H. The Morgan fingerprint density at radius 1 is 0.885 bits per heavy atom. The normalized spacial score (nSPS) is 15.0. The van der Waals surface area contributed by atoms with Crippen LogP contribution in [0.3, 0.4) is 0 Å². The van der Waals surface area contributed by atoms with Crippen molar-refractivity contribution >= 4 is 15.8 Å². The third-order valence-electron chi connectivity index (χ3n) is 2.55. The fourth-order valence-corrected chi connectivity index (χ4v) is 1.99. The van der Waals surface area contributed by atoms with Gasteiger partial charge in [0, 0.05) is 0 Å². The van der Waals surface area contributed by atoms with Crippen molar-refractivity contribution in [3.8, 4) is 0 Å². The molecule has 0 saturated carbocycles. The third-order valence-corrected chi connectivity index (χ3v) is 3.75. The Hall–Kier alpha value is -2.26. The molecular formula is C10H5F9N2O4S. The van der Waals surface area contributed by atoms with Crippen molar-refractivity contribution in [2.24, 2.45) is 5.11 Å². The second-order valence-electron chi connectivity index (χ2n) is 4.37. The number of rotatable bonds is 6. The molecule has 0 spiro atoms. The summed E-state index contributed by atoms with van der Waals surface area (Å²) in [5.41, 5.74) is -0.451. The fourth-order valence-electron chi connectivity index (χ4n) is 1.25. The molecule has 1 aromatic carbocycles. The second-order valence-corrected chi connectivity index (χ2v) is 5.94. The Labute approximate surface area is 138 Å². The van der Waals surface area contributed by atoms with E-state index in [2.05, 4.69) is 9.40 Å². The van der Waals surface area contributed by atoms with Crippen molar-refractivity contribution in [3.63, 3.8) is 0 Å². The highest BCUT2D eigenvalue weighted by molar-refractivity contribution is 7.87. The van der Waals surface area contributed by atoms with Crippen molar-refractivity contribution in [3.05, 3.63) is 35.5 Å². The van der Waals surface area contributed by atoms with Crippen LogP contribution in [-0.2, 0) is 14.4 Å². The van der Waals surface area contributed by atoms with Crippen molar-refractivity contribution in [1.82, 2.24) is 0 Å². The number of hydrogen-bond acceptors (Lipinski definition) is 5. The molecular weight excluding hydrogens is 415 g/mol. The average molecular weight is 420 g/mol. The van der Waals surface area contributed by atoms with Gasteiger partial charge in [0.2, 0.25) is 0 Å². The monoisotopic (exact) mass is 420 g/mol. The first-order chi connectivity index (χ1) is 11.5. The van der Waals surface area contributed by atoms with Crippen molar-refractivity contribution in [1.29, 1.82) is 0 Å². The minimum atomic E-state index is -7.51. The lowest BCUT2D eigenvalue weighted by Crippen LogP contribution is -2.63. The van der Waals surface area contributed by atoms with Crippen LogP contribution in [0, 0.1) is 5.21 Å². The lowest BCUT2D eigenvalue weighted by molar-refractivity contribution is -0.745. The molecule has 0 N–H and O–H groups in total. The Bertz CT molecular complexity index is 777. The quantitative estimate of drug-likeness (QED) is 0.396. The summed E-state index contributed by atoms with van der Waals surface area (Å²) in [4.78, 5) is 0. The van der Waals surface area contributed by atoms with Crippen molar-refractivity contribution < 1.29 is 57.2 Å². The summed E-state index contributed by atoms with van der Waals surface area (Å²) in [6, 6.07) is 5.72. The minimum Gasteiger partial charge on any atom is -0.245 e. The predicted octanol–water partition coefficient (Wildman–Crippen LogP) is 3.97. The van der Waals surface area contributed by atoms with Crippen LogP contribution in [0.25, 0.3) is 0 Å². The van der Waals surface area contributed by atoms with Gasteiger partial charge in [0.1, 0.15) is 5.69 Å². The SMILES string of the molecule is O=S(=O)(O[N+]([O-])=Nc1ccccc1)C(F)(F)C(F)(F)C(F)(F)C(F)(F)F. The first kappa shape index (κ1) is 21.8. The number of nitrogens with zero attached hydrogens (tertiary/aromatic N) is 2. The van der Waals surface area contributed by atoms with Crippen LogP contribution in [-0.4, -0.2) is 36.7 Å². The summed E-state index contributed by atoms with van der Waals surface area (Å²) in [6.07, 6.45) is -7.24. The molecule has 6 nitrogen and oxygen atoms in total. The lowest BCUT2D eigenvalue weighted by Gasteiger charge is -2.32. The van der Waals surface area contributed by atoms with Gasteiger partial charge in [0.25, 0.3) is 0 Å². The number of hydrogen-bond donors (Lipinski definition) is 0. The zero-order valence-electron chi connectivity index (χ0n) is 11.7. The molecule has 0 bridgehead atoms. The summed E-state index contributed by atoms with van der Waals surface area (Å²) in [6.45, 7) is 0. The third kappa shape index (κ3) is 3.63. The fraction of sp³-hybridized carbons (Fsp3) is 0.400. The van der Waals surface area contributed by atoms with E-state index in [9.17, 15) is 53.1 Å². The van der Waals surface area contributed by atoms with Gasteiger partial charge in [-0.25, -0.2) is 17.9 Å². The van der Waals surface area contributed by atoms with Crippen LogP contribution in [0.2, 0.25) is 0 Å². The van der Waals surface area contributed by atoms with Crippen LogP contribution in [0.4, 0.5) is 45.2 Å². The molecule has 1 rings (SSSR count). The second kappa shape index (κ2) is 6.48. The van der Waals surface area contributed by atoms with Crippen LogP contribution in [0.1, 0.15) is 0 Å². The lowest BCUT2D eigenvalue weighted by atomic mass is 10.1. The van der Waals surface area contributed by atoms with Crippen LogP contribution >= 0.6 is 0 Å². The molecule has 0 aliphatic carbocycles. The van der Waals surface area contributed by atoms with Gasteiger partial charge in [-0.15, -0.1) is 0 Å². The van der Waals surface area contributed by atoms with E-state index in [1.165, 1.54) is 18.2 Å². The van der Waals surface area contributed by atoms with E-state index in [-0.39, 0.29) is 0 Å². The van der Waals surface area contributed by atoms with Crippen LogP contribution < -0.4 is 0 Å². The Morgan fingerprint density at radius 3 is 1.77 bits per heavy atom. The van der Waals surface area contributed by atoms with E-state index in [0.29, 0.717) is 0 Å². The summed E-state index contributed by atoms with van der Waals surface area (Å²) in [5, 5.41) is 4.93. The number of benzene rings is 1. The predicted molar refractivity (Wildman–Crippen MR) is 63.1 cm³/mol. The van der Waals surface area contributed by atoms with Crippen molar-refractivity contribution in [2.45, 2.75) is 23.3 Å². The molecule has 0 fully saturated rings. The van der Waals surface area contributed by atoms with E-state index < -0.39 is 44.1 Å². The summed E-state index contributed by atoms with van der Waals surface area (Å²) < 4.78 is 138. The molecule has 16 heteroatoms. The van der Waals surface area contributed by atoms with E-state index in [4.69, 9.17) is 0 Å². The largest absolute Gasteiger partial charge is 0.460 e. The molecule has 0 aliphatic rings. The highest BCUT2D eigenvalue weighted by Gasteiger charge is 2.85. The maximum atomic E-state index is 13.3. The maximum Gasteiger partial charge on any atom is 0.460 e. The molecule has 0 aliphatic heterocycles. The highest BCUT2D eigenvalue weighted by Crippen LogP contribution is 2.54. The number of halogens is 9. The summed E-state index contributed by atoms with van der Waals surface area (Å²) in [5.74, 6) is -15.0. The Kier molecular flexibility index (Phi) is 5.42. The molecule has 0 heterocycles. The van der Waals surface area contributed by atoms with Crippen molar-refractivity contribution in [2.75, 3.05) is 0 Å². The van der Waals surface area contributed by atoms with Gasteiger partial charge >= 0.3 is 33.4 Å². The molecule has 1 aromatic rings. The van der Waals surface area contributed by atoms with Gasteiger partial charge in [-0.2, -0.15) is 39.5 Å². The molecule has 0 amide bonds.